The molecule has 1 heterocycles. The van der Waals surface area contributed by atoms with Gasteiger partial charge >= 0.3 is 6.09 Å². The third-order valence-electron chi connectivity index (χ3n) is 4.39. The quantitative estimate of drug-likeness (QED) is 0.637. The fourth-order valence-electron chi connectivity index (χ4n) is 2.93. The Labute approximate surface area is 172 Å². The van der Waals surface area contributed by atoms with Gasteiger partial charge in [0.2, 0.25) is 5.91 Å². The largest absolute Gasteiger partial charge is 0.484 e. The van der Waals surface area contributed by atoms with Gasteiger partial charge in [-0.15, -0.1) is 0 Å². The molecule has 11 heteroatoms. The molecular weight excluding hydrogens is 417 g/mol. The van der Waals surface area contributed by atoms with E-state index in [9.17, 15) is 22.4 Å². The number of halogens is 1. The van der Waals surface area contributed by atoms with Crippen LogP contribution in [0.5, 0.6) is 5.75 Å². The molecule has 0 fully saturated rings. The average Bonchev–Trinajstić information content (AvgIpc) is 2.71. The second-order valence-electron chi connectivity index (χ2n) is 6.50. The number of amides is 2. The number of carbonyl (C=O) groups excluding carboxylic acids is 1. The molecular formula is C19H20FN3O6S. The van der Waals surface area contributed by atoms with E-state index in [1.54, 1.807) is 6.92 Å². The number of nitrogens with one attached hydrogen (secondary N) is 2. The molecule has 0 saturated heterocycles. The molecule has 1 aliphatic rings. The van der Waals surface area contributed by atoms with Gasteiger partial charge in [-0.25, -0.2) is 17.6 Å². The minimum atomic E-state index is -4.12. The number of hydrogen-bond donors (Lipinski definition) is 3. The Bertz CT molecular complexity index is 1060. The molecule has 0 bridgehead atoms. The number of anilines is 2. The van der Waals surface area contributed by atoms with E-state index in [1.165, 1.54) is 18.2 Å². The Hall–Kier alpha value is -3.34. The lowest BCUT2D eigenvalue weighted by molar-refractivity contribution is -0.121. The summed E-state index contributed by atoms with van der Waals surface area (Å²) in [7, 11) is -4.12. The maximum atomic E-state index is 13.3. The van der Waals surface area contributed by atoms with Gasteiger partial charge in [0.15, 0.2) is 0 Å². The molecule has 0 aliphatic carbocycles. The van der Waals surface area contributed by atoms with Crippen molar-refractivity contribution in [2.24, 2.45) is 0 Å². The first kappa shape index (κ1) is 21.4. The van der Waals surface area contributed by atoms with Gasteiger partial charge in [-0.1, -0.05) is 6.92 Å². The van der Waals surface area contributed by atoms with E-state index in [0.717, 1.165) is 28.6 Å². The van der Waals surface area contributed by atoms with E-state index in [0.29, 0.717) is 0 Å². The van der Waals surface area contributed by atoms with Crippen LogP contribution in [-0.4, -0.2) is 44.7 Å². The lowest BCUT2D eigenvalue weighted by atomic mass is 10.2. The first-order valence-corrected chi connectivity index (χ1v) is 10.5. The third-order valence-corrected chi connectivity index (χ3v) is 6.19. The SMILES string of the molecule is CCC(=O)NCC1CN(S(=O)(=O)c2ccc(F)cc2)c2cc(NC(=O)O)ccc2O1. The van der Waals surface area contributed by atoms with Gasteiger partial charge in [-0.3, -0.25) is 14.4 Å². The minimum Gasteiger partial charge on any atom is -0.484 e. The molecule has 1 aliphatic heterocycles. The van der Waals surface area contributed by atoms with E-state index in [2.05, 4.69) is 10.6 Å². The Morgan fingerprint density at radius 2 is 1.93 bits per heavy atom. The second-order valence-corrected chi connectivity index (χ2v) is 8.36. The Balaban J connectivity index is 2.00. The zero-order valence-electron chi connectivity index (χ0n) is 16.0. The molecule has 3 N–H and O–H groups in total. The van der Waals surface area contributed by atoms with Crippen molar-refractivity contribution in [1.82, 2.24) is 5.32 Å². The van der Waals surface area contributed by atoms with Gasteiger partial charge in [-0.2, -0.15) is 0 Å². The zero-order chi connectivity index (χ0) is 21.9. The van der Waals surface area contributed by atoms with Crippen LogP contribution in [0.1, 0.15) is 13.3 Å². The highest BCUT2D eigenvalue weighted by Crippen LogP contribution is 2.39. The normalized spacial score (nSPS) is 15.7. The van der Waals surface area contributed by atoms with Crippen molar-refractivity contribution >= 4 is 33.4 Å². The summed E-state index contributed by atoms with van der Waals surface area (Å²) in [6.45, 7) is 1.64. The van der Waals surface area contributed by atoms with Crippen LogP contribution >= 0.6 is 0 Å². The number of benzene rings is 2. The van der Waals surface area contributed by atoms with Crippen molar-refractivity contribution in [3.05, 3.63) is 48.3 Å². The van der Waals surface area contributed by atoms with Gasteiger partial charge in [0.25, 0.3) is 10.0 Å². The standard InChI is InChI=1S/C19H20FN3O6S/c1-2-18(24)21-10-14-11-23(30(27,28)15-6-3-12(20)4-7-15)16-9-13(22-19(25)26)5-8-17(16)29-14/h3-9,14,22H,2,10-11H2,1H3,(H,21,24)(H,25,26). The van der Waals surface area contributed by atoms with Crippen LogP contribution in [0.4, 0.5) is 20.6 Å². The number of ether oxygens (including phenoxy) is 1. The molecule has 9 nitrogen and oxygen atoms in total. The van der Waals surface area contributed by atoms with Crippen molar-refractivity contribution in [3.63, 3.8) is 0 Å². The fourth-order valence-corrected chi connectivity index (χ4v) is 4.43. The van der Waals surface area contributed by atoms with Gasteiger partial charge in [0, 0.05) is 12.1 Å². The second kappa shape index (κ2) is 8.57. The van der Waals surface area contributed by atoms with E-state index in [1.807, 2.05) is 0 Å². The highest BCUT2D eigenvalue weighted by molar-refractivity contribution is 7.92. The summed E-state index contributed by atoms with van der Waals surface area (Å²) < 4.78 is 46.7. The molecule has 3 rings (SSSR count). The third kappa shape index (κ3) is 4.62. The molecule has 2 amide bonds. The van der Waals surface area contributed by atoms with E-state index >= 15 is 0 Å². The number of sulfonamides is 1. The van der Waals surface area contributed by atoms with Gasteiger partial charge in [-0.05, 0) is 42.5 Å². The summed E-state index contributed by atoms with van der Waals surface area (Å²) >= 11 is 0. The maximum Gasteiger partial charge on any atom is 0.409 e. The van der Waals surface area contributed by atoms with Crippen LogP contribution in [0.25, 0.3) is 0 Å². The predicted octanol–water partition coefficient (Wildman–Crippen LogP) is 2.40. The van der Waals surface area contributed by atoms with Crippen molar-refractivity contribution < 1.29 is 32.2 Å². The Morgan fingerprint density at radius 1 is 1.23 bits per heavy atom. The summed E-state index contributed by atoms with van der Waals surface area (Å²) in [6.07, 6.45) is -1.72. The molecule has 1 unspecified atom stereocenters. The van der Waals surface area contributed by atoms with Crippen LogP contribution in [0, 0.1) is 5.82 Å². The average molecular weight is 437 g/mol. The van der Waals surface area contributed by atoms with Gasteiger partial charge in [0.05, 0.1) is 23.7 Å². The first-order chi connectivity index (χ1) is 14.2. The van der Waals surface area contributed by atoms with Crippen LogP contribution in [0.15, 0.2) is 47.4 Å². The van der Waals surface area contributed by atoms with Crippen LogP contribution in [0.3, 0.4) is 0 Å². The monoisotopic (exact) mass is 437 g/mol. The number of hydrogen-bond acceptors (Lipinski definition) is 5. The summed E-state index contributed by atoms with van der Waals surface area (Å²) in [4.78, 5) is 22.4. The molecule has 0 saturated carbocycles. The molecule has 0 aromatic heterocycles. The molecule has 1 atom stereocenters. The highest BCUT2D eigenvalue weighted by atomic mass is 32.2. The number of rotatable bonds is 6. The van der Waals surface area contributed by atoms with Crippen molar-refractivity contribution in [1.29, 1.82) is 0 Å². The van der Waals surface area contributed by atoms with Crippen LogP contribution < -0.4 is 19.7 Å². The predicted molar refractivity (Wildman–Crippen MR) is 107 cm³/mol. The lowest BCUT2D eigenvalue weighted by Gasteiger charge is -2.35. The summed E-state index contributed by atoms with van der Waals surface area (Å²) in [5, 5.41) is 13.8. The summed E-state index contributed by atoms with van der Waals surface area (Å²) in [5.41, 5.74) is 0.283. The molecule has 30 heavy (non-hydrogen) atoms. The minimum absolute atomic E-state index is 0.0800. The van der Waals surface area contributed by atoms with Crippen molar-refractivity contribution in [3.8, 4) is 5.75 Å². The molecule has 160 valence electrons. The first-order valence-electron chi connectivity index (χ1n) is 9.06. The molecule has 2 aromatic carbocycles. The molecule has 2 aromatic rings. The van der Waals surface area contributed by atoms with E-state index in [-0.39, 0.29) is 47.4 Å². The zero-order valence-corrected chi connectivity index (χ0v) is 16.8. The van der Waals surface area contributed by atoms with Crippen molar-refractivity contribution in [2.45, 2.75) is 24.3 Å². The number of fused-ring (bicyclic) bond motifs is 1. The van der Waals surface area contributed by atoms with Gasteiger partial charge < -0.3 is 15.2 Å². The number of carbonyl (C=O) groups is 2. The number of nitrogens with zero attached hydrogens (tertiary/aromatic N) is 1. The molecule has 0 radical (unpaired) electrons. The number of carboxylic acid groups (broad SMARTS) is 1. The van der Waals surface area contributed by atoms with E-state index < -0.39 is 28.0 Å². The smallest absolute Gasteiger partial charge is 0.409 e. The Kier molecular flexibility index (Phi) is 6.11. The van der Waals surface area contributed by atoms with Crippen LogP contribution in [-0.2, 0) is 14.8 Å². The summed E-state index contributed by atoms with van der Waals surface area (Å²) in [5.74, 6) is -0.582. The highest BCUT2D eigenvalue weighted by Gasteiger charge is 2.35. The molecule has 0 spiro atoms. The summed E-state index contributed by atoms with van der Waals surface area (Å²) in [6, 6.07) is 8.58. The van der Waals surface area contributed by atoms with Crippen LogP contribution in [0.2, 0.25) is 0 Å². The van der Waals surface area contributed by atoms with Gasteiger partial charge in [0.1, 0.15) is 17.7 Å². The lowest BCUT2D eigenvalue weighted by Crippen LogP contribution is -2.48. The van der Waals surface area contributed by atoms with E-state index in [4.69, 9.17) is 9.84 Å². The Morgan fingerprint density at radius 3 is 2.57 bits per heavy atom. The van der Waals surface area contributed by atoms with Crippen molar-refractivity contribution in [2.75, 3.05) is 22.7 Å². The maximum absolute atomic E-state index is 13.3. The fraction of sp³-hybridized carbons (Fsp3) is 0.263. The topological polar surface area (TPSA) is 125 Å².